The van der Waals surface area contributed by atoms with Crippen molar-refractivity contribution in [3.63, 3.8) is 0 Å². The van der Waals surface area contributed by atoms with Gasteiger partial charge in [0.15, 0.2) is 5.65 Å². The highest BCUT2D eigenvalue weighted by atomic mass is 16.2. The number of carbonyl (C=O) groups excluding carboxylic acids is 1. The smallest absolute Gasteiger partial charge is 0.225 e. The summed E-state index contributed by atoms with van der Waals surface area (Å²) in [5, 5.41) is 5.86. The van der Waals surface area contributed by atoms with Crippen LogP contribution in [0, 0.1) is 12.8 Å². The van der Waals surface area contributed by atoms with Crippen LogP contribution in [0.3, 0.4) is 0 Å². The van der Waals surface area contributed by atoms with Crippen molar-refractivity contribution in [1.29, 1.82) is 0 Å². The largest absolute Gasteiger partial charge is 0.354 e. The molecular weight excluding hydrogens is 436 g/mol. The zero-order chi connectivity index (χ0) is 24.4. The topological polar surface area (TPSA) is 67.2 Å². The van der Waals surface area contributed by atoms with Crippen molar-refractivity contribution in [2.45, 2.75) is 33.6 Å². The van der Waals surface area contributed by atoms with E-state index < -0.39 is 0 Å². The van der Waals surface area contributed by atoms with E-state index in [1.807, 2.05) is 78.9 Å². The molecule has 0 unspecified atom stereocenters. The molecule has 0 radical (unpaired) electrons. The molecule has 0 spiro atoms. The number of carbonyl (C=O) groups is 1. The first kappa shape index (κ1) is 23.0. The number of nitrogens with zero attached hydrogens (tertiary/aromatic N) is 6. The third kappa shape index (κ3) is 4.76. The molecule has 35 heavy (non-hydrogen) atoms. The molecule has 2 aromatic carbocycles. The van der Waals surface area contributed by atoms with Crippen LogP contribution >= 0.6 is 0 Å². The molecule has 1 aliphatic rings. The first-order chi connectivity index (χ1) is 17.0. The summed E-state index contributed by atoms with van der Waals surface area (Å²) in [6.07, 6.45) is 1.55. The third-order valence-corrected chi connectivity index (χ3v) is 6.54. The monoisotopic (exact) mass is 468 g/mol. The molecule has 0 aliphatic carbocycles. The van der Waals surface area contributed by atoms with Crippen LogP contribution in [0.1, 0.15) is 37.4 Å². The van der Waals surface area contributed by atoms with E-state index in [4.69, 9.17) is 15.1 Å². The molecule has 7 nitrogen and oxygen atoms in total. The number of aryl methyl sites for hydroxylation is 1. The van der Waals surface area contributed by atoms with Gasteiger partial charge in [-0.2, -0.15) is 5.10 Å². The van der Waals surface area contributed by atoms with Crippen molar-refractivity contribution in [2.75, 3.05) is 31.1 Å². The fourth-order valence-electron chi connectivity index (χ4n) is 4.76. The zero-order valence-corrected chi connectivity index (χ0v) is 20.7. The van der Waals surface area contributed by atoms with E-state index in [1.165, 1.54) is 5.56 Å². The maximum absolute atomic E-state index is 12.6. The van der Waals surface area contributed by atoms with Gasteiger partial charge in [0.05, 0.1) is 16.8 Å². The van der Waals surface area contributed by atoms with E-state index >= 15 is 0 Å². The third-order valence-electron chi connectivity index (χ3n) is 6.54. The number of hydrogen-bond acceptors (Lipinski definition) is 5. The highest BCUT2D eigenvalue weighted by Crippen LogP contribution is 2.30. The Bertz CT molecular complexity index is 1320. The number of benzene rings is 2. The minimum atomic E-state index is 0.0103. The summed E-state index contributed by atoms with van der Waals surface area (Å²) >= 11 is 0. The minimum absolute atomic E-state index is 0.0103. The van der Waals surface area contributed by atoms with Crippen LogP contribution in [0.25, 0.3) is 16.7 Å². The maximum Gasteiger partial charge on any atom is 0.225 e. The summed E-state index contributed by atoms with van der Waals surface area (Å²) in [7, 11) is 0. The van der Waals surface area contributed by atoms with Crippen LogP contribution in [0.2, 0.25) is 0 Å². The van der Waals surface area contributed by atoms with Crippen molar-refractivity contribution in [1.82, 2.24) is 24.6 Å². The normalized spacial score (nSPS) is 14.5. The first-order valence-corrected chi connectivity index (χ1v) is 12.4. The summed E-state index contributed by atoms with van der Waals surface area (Å²) in [6, 6.07) is 20.4. The zero-order valence-electron chi connectivity index (χ0n) is 20.7. The highest BCUT2D eigenvalue weighted by Gasteiger charge is 2.25. The standard InChI is InChI=1S/C28H32N6O/c1-20(2)28(35)33-16-10-15-32(17-18-33)26-25-21(3)31-34(23-13-8-5-9-14-23)27(25)30-24(29-26)19-22-11-6-4-7-12-22/h4-9,11-14,20H,10,15-19H2,1-3H3. The Morgan fingerprint density at radius 1 is 0.914 bits per heavy atom. The van der Waals surface area contributed by atoms with Crippen molar-refractivity contribution in [2.24, 2.45) is 5.92 Å². The van der Waals surface area contributed by atoms with Crippen molar-refractivity contribution in [3.05, 3.63) is 77.7 Å². The Balaban J connectivity index is 1.59. The molecule has 180 valence electrons. The van der Waals surface area contributed by atoms with Gasteiger partial charge >= 0.3 is 0 Å². The minimum Gasteiger partial charge on any atom is -0.354 e. The lowest BCUT2D eigenvalue weighted by Crippen LogP contribution is -2.37. The number of aromatic nitrogens is 4. The Hall–Kier alpha value is -3.74. The van der Waals surface area contributed by atoms with E-state index in [2.05, 4.69) is 17.0 Å². The summed E-state index contributed by atoms with van der Waals surface area (Å²) in [6.45, 7) is 9.02. The lowest BCUT2D eigenvalue weighted by molar-refractivity contribution is -0.134. The summed E-state index contributed by atoms with van der Waals surface area (Å²) in [4.78, 5) is 27.1. The summed E-state index contributed by atoms with van der Waals surface area (Å²) in [5.41, 5.74) is 3.88. The maximum atomic E-state index is 12.6. The molecule has 0 saturated carbocycles. The van der Waals surface area contributed by atoms with Crippen LogP contribution in [-0.4, -0.2) is 56.7 Å². The second-order valence-electron chi connectivity index (χ2n) is 9.48. The second-order valence-corrected chi connectivity index (χ2v) is 9.48. The van der Waals surface area contributed by atoms with Crippen molar-refractivity contribution < 1.29 is 4.79 Å². The molecule has 3 heterocycles. The number of amides is 1. The number of fused-ring (bicyclic) bond motifs is 1. The molecule has 5 rings (SSSR count). The van der Waals surface area contributed by atoms with E-state index in [9.17, 15) is 4.79 Å². The van der Waals surface area contributed by atoms with Gasteiger partial charge in [0.2, 0.25) is 5.91 Å². The fraction of sp³-hybridized carbons (Fsp3) is 0.357. The Kier molecular flexibility index (Phi) is 6.49. The predicted molar refractivity (Wildman–Crippen MR) is 139 cm³/mol. The fourth-order valence-corrected chi connectivity index (χ4v) is 4.76. The van der Waals surface area contributed by atoms with E-state index in [-0.39, 0.29) is 11.8 Å². The van der Waals surface area contributed by atoms with Gasteiger partial charge in [-0.15, -0.1) is 0 Å². The molecule has 7 heteroatoms. The van der Waals surface area contributed by atoms with Crippen molar-refractivity contribution in [3.8, 4) is 5.69 Å². The predicted octanol–water partition coefficient (Wildman–Crippen LogP) is 4.41. The molecule has 1 saturated heterocycles. The molecule has 4 aromatic rings. The van der Waals surface area contributed by atoms with Gasteiger partial charge < -0.3 is 9.80 Å². The van der Waals surface area contributed by atoms with Crippen LogP contribution in [0.5, 0.6) is 0 Å². The number of hydrogen-bond donors (Lipinski definition) is 0. The second kappa shape index (κ2) is 9.86. The van der Waals surface area contributed by atoms with Gasteiger partial charge in [-0.25, -0.2) is 14.6 Å². The molecular formula is C28H32N6O. The summed E-state index contributed by atoms with van der Waals surface area (Å²) < 4.78 is 1.93. The van der Waals surface area contributed by atoms with Gasteiger partial charge in [0.1, 0.15) is 11.6 Å². The van der Waals surface area contributed by atoms with E-state index in [0.717, 1.165) is 60.1 Å². The van der Waals surface area contributed by atoms with E-state index in [1.54, 1.807) is 0 Å². The highest BCUT2D eigenvalue weighted by molar-refractivity contribution is 5.91. The SMILES string of the molecule is Cc1nn(-c2ccccc2)c2nc(Cc3ccccc3)nc(N3CCCN(C(=O)C(C)C)CC3)c12. The molecule has 1 aliphatic heterocycles. The molecule has 0 N–H and O–H groups in total. The molecule has 1 amide bonds. The number of para-hydroxylation sites is 1. The molecule has 0 bridgehead atoms. The van der Waals surface area contributed by atoms with Gasteiger partial charge in [0, 0.05) is 38.5 Å². The lowest BCUT2D eigenvalue weighted by atomic mass is 10.1. The lowest BCUT2D eigenvalue weighted by Gasteiger charge is -2.24. The van der Waals surface area contributed by atoms with Crippen LogP contribution in [-0.2, 0) is 11.2 Å². The van der Waals surface area contributed by atoms with Gasteiger partial charge in [-0.05, 0) is 31.0 Å². The average molecular weight is 469 g/mol. The molecule has 2 aromatic heterocycles. The van der Waals surface area contributed by atoms with Gasteiger partial charge in [-0.3, -0.25) is 4.79 Å². The number of anilines is 1. The summed E-state index contributed by atoms with van der Waals surface area (Å²) in [5.74, 6) is 1.92. The van der Waals surface area contributed by atoms with Crippen LogP contribution < -0.4 is 4.90 Å². The Morgan fingerprint density at radius 3 is 2.34 bits per heavy atom. The Labute approximate surface area is 206 Å². The Morgan fingerprint density at radius 2 is 1.63 bits per heavy atom. The first-order valence-electron chi connectivity index (χ1n) is 12.4. The van der Waals surface area contributed by atoms with Crippen LogP contribution in [0.4, 0.5) is 5.82 Å². The van der Waals surface area contributed by atoms with Crippen molar-refractivity contribution >= 4 is 22.8 Å². The van der Waals surface area contributed by atoms with Gasteiger partial charge in [-0.1, -0.05) is 62.4 Å². The molecule has 1 fully saturated rings. The number of rotatable bonds is 5. The van der Waals surface area contributed by atoms with Crippen LogP contribution in [0.15, 0.2) is 60.7 Å². The molecule has 0 atom stereocenters. The van der Waals surface area contributed by atoms with E-state index in [0.29, 0.717) is 13.0 Å². The quantitative estimate of drug-likeness (QED) is 0.434. The average Bonchev–Trinajstić information content (AvgIpc) is 3.04. The van der Waals surface area contributed by atoms with Gasteiger partial charge in [0.25, 0.3) is 0 Å².